The Kier molecular flexibility index (Phi) is 3.52. The first kappa shape index (κ1) is 13.0. The maximum atomic E-state index is 4.84. The molecule has 0 aliphatic heterocycles. The van der Waals surface area contributed by atoms with Crippen molar-refractivity contribution in [2.24, 2.45) is 5.92 Å². The monoisotopic (exact) mass is 321 g/mol. The van der Waals surface area contributed by atoms with Crippen LogP contribution < -0.4 is 4.90 Å². The molecule has 0 bridgehead atoms. The number of fused-ring (bicyclic) bond motifs is 1. The van der Waals surface area contributed by atoms with Crippen molar-refractivity contribution in [3.63, 3.8) is 0 Å². The van der Waals surface area contributed by atoms with E-state index in [0.29, 0.717) is 6.04 Å². The van der Waals surface area contributed by atoms with Gasteiger partial charge in [0.2, 0.25) is 0 Å². The van der Waals surface area contributed by atoms with Crippen LogP contribution in [0.5, 0.6) is 0 Å². The lowest BCUT2D eigenvalue weighted by Crippen LogP contribution is -2.33. The predicted octanol–water partition coefficient (Wildman–Crippen LogP) is 3.85. The number of hydrogen-bond donors (Lipinski definition) is 0. The van der Waals surface area contributed by atoms with Gasteiger partial charge < -0.3 is 9.30 Å². The van der Waals surface area contributed by atoms with Crippen LogP contribution in [0, 0.1) is 5.92 Å². The summed E-state index contributed by atoms with van der Waals surface area (Å²) in [6, 6.07) is 6.67. The van der Waals surface area contributed by atoms with Crippen molar-refractivity contribution in [1.29, 1.82) is 0 Å². The number of pyridine rings is 1. The Morgan fingerprint density at radius 1 is 1.42 bits per heavy atom. The second-order valence-corrected chi connectivity index (χ2v) is 6.19. The Morgan fingerprint density at radius 3 is 2.84 bits per heavy atom. The Labute approximate surface area is 122 Å². The molecule has 1 aliphatic rings. The summed E-state index contributed by atoms with van der Waals surface area (Å²) < 4.78 is 2.19. The van der Waals surface area contributed by atoms with E-state index in [9.17, 15) is 0 Å². The number of hydrogen-bond acceptors (Lipinski definition) is 2. The van der Waals surface area contributed by atoms with Crippen LogP contribution in [0.3, 0.4) is 0 Å². The Balaban J connectivity index is 2.05. The summed E-state index contributed by atoms with van der Waals surface area (Å²) in [5.41, 5.74) is 2.29. The number of alkyl halides is 1. The lowest BCUT2D eigenvalue weighted by atomic mass is 10.2. The van der Waals surface area contributed by atoms with E-state index in [0.717, 1.165) is 29.3 Å². The molecule has 3 nitrogen and oxygen atoms in total. The standard InChI is InChI=1S/C15H20BrN3/c1-11(2)19(10-12-6-7-12)15-13(9-16)18-8-4-3-5-14(18)17-15/h3-5,8,11-12H,6-7,9-10H2,1-2H3. The molecular weight excluding hydrogens is 302 g/mol. The highest BCUT2D eigenvalue weighted by Crippen LogP contribution is 2.33. The molecule has 0 N–H and O–H groups in total. The zero-order valence-electron chi connectivity index (χ0n) is 11.5. The summed E-state index contributed by atoms with van der Waals surface area (Å²) in [6.45, 7) is 5.65. The van der Waals surface area contributed by atoms with E-state index < -0.39 is 0 Å². The number of aromatic nitrogens is 2. The Hall–Kier alpha value is -1.03. The van der Waals surface area contributed by atoms with Gasteiger partial charge in [0.15, 0.2) is 5.82 Å². The molecule has 0 saturated heterocycles. The van der Waals surface area contributed by atoms with Crippen molar-refractivity contribution in [2.45, 2.75) is 38.1 Å². The fraction of sp³-hybridized carbons (Fsp3) is 0.533. The van der Waals surface area contributed by atoms with Gasteiger partial charge in [0, 0.05) is 24.1 Å². The van der Waals surface area contributed by atoms with Crippen LogP contribution in [0.2, 0.25) is 0 Å². The molecule has 0 aromatic carbocycles. The van der Waals surface area contributed by atoms with E-state index in [1.54, 1.807) is 0 Å². The molecule has 0 radical (unpaired) electrons. The van der Waals surface area contributed by atoms with E-state index in [2.05, 4.69) is 57.4 Å². The number of nitrogens with zero attached hydrogens (tertiary/aromatic N) is 3. The van der Waals surface area contributed by atoms with Gasteiger partial charge in [-0.05, 0) is 44.7 Å². The lowest BCUT2D eigenvalue weighted by Gasteiger charge is -2.27. The zero-order valence-corrected chi connectivity index (χ0v) is 13.1. The molecule has 2 aromatic rings. The van der Waals surface area contributed by atoms with Gasteiger partial charge in [-0.2, -0.15) is 0 Å². The minimum Gasteiger partial charge on any atom is -0.352 e. The molecule has 4 heteroatoms. The molecular formula is C15H20BrN3. The van der Waals surface area contributed by atoms with Crippen LogP contribution in [0.1, 0.15) is 32.4 Å². The first-order valence-corrected chi connectivity index (χ1v) is 8.11. The molecule has 3 rings (SSSR count). The third-order valence-electron chi connectivity index (χ3n) is 3.78. The molecule has 0 unspecified atom stereocenters. The van der Waals surface area contributed by atoms with Crippen LogP contribution in [0.4, 0.5) is 5.82 Å². The van der Waals surface area contributed by atoms with E-state index in [4.69, 9.17) is 4.98 Å². The number of anilines is 1. The van der Waals surface area contributed by atoms with Gasteiger partial charge in [0.25, 0.3) is 0 Å². The average molecular weight is 322 g/mol. The van der Waals surface area contributed by atoms with Gasteiger partial charge in [0.1, 0.15) is 5.65 Å². The van der Waals surface area contributed by atoms with Gasteiger partial charge in [-0.25, -0.2) is 4.98 Å². The molecule has 0 atom stereocenters. The molecule has 0 amide bonds. The smallest absolute Gasteiger partial charge is 0.152 e. The normalized spacial score (nSPS) is 15.4. The molecule has 2 heterocycles. The van der Waals surface area contributed by atoms with Crippen LogP contribution in [0.15, 0.2) is 24.4 Å². The quantitative estimate of drug-likeness (QED) is 0.779. The maximum Gasteiger partial charge on any atom is 0.152 e. The molecule has 19 heavy (non-hydrogen) atoms. The van der Waals surface area contributed by atoms with E-state index in [1.165, 1.54) is 18.5 Å². The van der Waals surface area contributed by atoms with Crippen LogP contribution >= 0.6 is 15.9 Å². The average Bonchev–Trinajstić information content (AvgIpc) is 3.14. The van der Waals surface area contributed by atoms with Gasteiger partial charge in [-0.3, -0.25) is 0 Å². The topological polar surface area (TPSA) is 20.5 Å². The number of rotatable bonds is 5. The van der Waals surface area contributed by atoms with Gasteiger partial charge in [-0.1, -0.05) is 22.0 Å². The summed E-state index contributed by atoms with van der Waals surface area (Å²) in [4.78, 5) is 7.30. The summed E-state index contributed by atoms with van der Waals surface area (Å²) in [7, 11) is 0. The van der Waals surface area contributed by atoms with Crippen LogP contribution in [-0.4, -0.2) is 22.0 Å². The Bertz CT molecular complexity index is 572. The highest BCUT2D eigenvalue weighted by Gasteiger charge is 2.28. The molecule has 1 fully saturated rings. The summed E-state index contributed by atoms with van der Waals surface area (Å²) >= 11 is 3.62. The summed E-state index contributed by atoms with van der Waals surface area (Å²) in [5.74, 6) is 2.01. The summed E-state index contributed by atoms with van der Waals surface area (Å²) in [5, 5.41) is 0.835. The fourth-order valence-corrected chi connectivity index (χ4v) is 3.03. The van der Waals surface area contributed by atoms with Crippen molar-refractivity contribution >= 4 is 27.4 Å². The zero-order chi connectivity index (χ0) is 13.4. The highest BCUT2D eigenvalue weighted by atomic mass is 79.9. The third-order valence-corrected chi connectivity index (χ3v) is 4.31. The first-order valence-electron chi connectivity index (χ1n) is 6.99. The minimum atomic E-state index is 0.489. The minimum absolute atomic E-state index is 0.489. The van der Waals surface area contributed by atoms with Crippen molar-refractivity contribution in [3.8, 4) is 0 Å². The predicted molar refractivity (Wildman–Crippen MR) is 83.0 cm³/mol. The highest BCUT2D eigenvalue weighted by molar-refractivity contribution is 9.08. The largest absolute Gasteiger partial charge is 0.352 e. The first-order chi connectivity index (χ1) is 9.20. The van der Waals surface area contributed by atoms with Crippen molar-refractivity contribution in [1.82, 2.24) is 9.38 Å². The van der Waals surface area contributed by atoms with Crippen molar-refractivity contribution < 1.29 is 0 Å². The van der Waals surface area contributed by atoms with Gasteiger partial charge >= 0.3 is 0 Å². The van der Waals surface area contributed by atoms with Crippen molar-refractivity contribution in [3.05, 3.63) is 30.1 Å². The SMILES string of the molecule is CC(C)N(CC1CC1)c1nc2ccccn2c1CBr. The number of halogens is 1. The van der Waals surface area contributed by atoms with Crippen LogP contribution in [-0.2, 0) is 5.33 Å². The second-order valence-electron chi connectivity index (χ2n) is 5.63. The number of imidazole rings is 1. The molecule has 102 valence electrons. The lowest BCUT2D eigenvalue weighted by molar-refractivity contribution is 0.636. The molecule has 2 aromatic heterocycles. The molecule has 0 spiro atoms. The van der Waals surface area contributed by atoms with Gasteiger partial charge in [-0.15, -0.1) is 0 Å². The van der Waals surface area contributed by atoms with Crippen molar-refractivity contribution in [2.75, 3.05) is 11.4 Å². The maximum absolute atomic E-state index is 4.84. The molecule has 1 aliphatic carbocycles. The van der Waals surface area contributed by atoms with E-state index >= 15 is 0 Å². The summed E-state index contributed by atoms with van der Waals surface area (Å²) in [6.07, 6.45) is 4.85. The van der Waals surface area contributed by atoms with E-state index in [1.807, 2.05) is 6.07 Å². The van der Waals surface area contributed by atoms with E-state index in [-0.39, 0.29) is 0 Å². The fourth-order valence-electron chi connectivity index (χ4n) is 2.51. The van der Waals surface area contributed by atoms with Crippen LogP contribution in [0.25, 0.3) is 5.65 Å². The Morgan fingerprint density at radius 2 is 2.21 bits per heavy atom. The molecule has 1 saturated carbocycles. The third kappa shape index (κ3) is 2.50. The second kappa shape index (κ2) is 5.16. The van der Waals surface area contributed by atoms with Gasteiger partial charge in [0.05, 0.1) is 5.69 Å².